The lowest BCUT2D eigenvalue weighted by Gasteiger charge is -2.06. The molecule has 256 valence electrons. The summed E-state index contributed by atoms with van der Waals surface area (Å²) in [5.41, 5.74) is 0. The van der Waals surface area contributed by atoms with Gasteiger partial charge in [0.2, 0.25) is 0 Å². The maximum Gasteiger partial charge on any atom is 0.305 e. The summed E-state index contributed by atoms with van der Waals surface area (Å²) in [5.74, 6) is -0.640. The van der Waals surface area contributed by atoms with Crippen LogP contribution in [0, 0.1) is 0 Å². The number of carboxylic acid groups (broad SMARTS) is 1. The molecule has 4 heteroatoms. The van der Waals surface area contributed by atoms with Gasteiger partial charge in [-0.1, -0.05) is 200 Å². The number of aliphatic carboxylic acids is 1. The molecule has 1 N–H and O–H groups in total. The van der Waals surface area contributed by atoms with Crippen LogP contribution in [-0.4, -0.2) is 23.7 Å². The van der Waals surface area contributed by atoms with Crippen LogP contribution < -0.4 is 0 Å². The van der Waals surface area contributed by atoms with Crippen LogP contribution in [0.1, 0.15) is 232 Å². The van der Waals surface area contributed by atoms with E-state index in [1.807, 2.05) is 0 Å². The first-order valence-electron chi connectivity index (χ1n) is 19.5. The van der Waals surface area contributed by atoms with Gasteiger partial charge in [0.1, 0.15) is 0 Å². The molecule has 0 bridgehead atoms. The molecule has 0 aliphatic rings. The molecule has 0 aliphatic heterocycles. The number of carboxylic acids is 1. The maximum absolute atomic E-state index is 11.9. The zero-order chi connectivity index (χ0) is 31.3. The van der Waals surface area contributed by atoms with Gasteiger partial charge >= 0.3 is 11.9 Å². The van der Waals surface area contributed by atoms with Crippen molar-refractivity contribution >= 4 is 11.9 Å². The second kappa shape index (κ2) is 37.1. The molecule has 43 heavy (non-hydrogen) atoms. The standard InChI is InChI=1S/C39H76O4/c1-2-3-4-5-6-25-28-31-34-37-43-39(42)36-33-30-27-24-22-20-18-16-14-12-10-8-7-9-11-13-15-17-19-21-23-26-29-32-35-38(40)41/h2-37H2,1H3,(H,40,41). The molecule has 0 spiro atoms. The van der Waals surface area contributed by atoms with Crippen LogP contribution in [0.15, 0.2) is 0 Å². The van der Waals surface area contributed by atoms with Crippen molar-refractivity contribution in [1.29, 1.82) is 0 Å². The first-order valence-corrected chi connectivity index (χ1v) is 19.5. The van der Waals surface area contributed by atoms with Crippen LogP contribution in [0.3, 0.4) is 0 Å². The van der Waals surface area contributed by atoms with Crippen molar-refractivity contribution in [3.63, 3.8) is 0 Å². The lowest BCUT2D eigenvalue weighted by molar-refractivity contribution is -0.144. The summed E-state index contributed by atoms with van der Waals surface area (Å²) in [7, 11) is 0. The average molecular weight is 609 g/mol. The molecule has 0 aromatic heterocycles. The molecule has 4 nitrogen and oxygen atoms in total. The Hall–Kier alpha value is -1.06. The molecule has 0 rings (SSSR count). The Labute approximate surface area is 269 Å². The van der Waals surface area contributed by atoms with Crippen molar-refractivity contribution < 1.29 is 19.4 Å². The molecule has 0 aliphatic carbocycles. The molecule has 0 aromatic carbocycles. The van der Waals surface area contributed by atoms with Crippen LogP contribution in [0.4, 0.5) is 0 Å². The van der Waals surface area contributed by atoms with Crippen molar-refractivity contribution in [1.82, 2.24) is 0 Å². The van der Waals surface area contributed by atoms with Crippen molar-refractivity contribution in [3.8, 4) is 0 Å². The molecular formula is C39H76O4. The Morgan fingerprint density at radius 2 is 0.628 bits per heavy atom. The minimum Gasteiger partial charge on any atom is -0.481 e. The number of esters is 1. The third-order valence-electron chi connectivity index (χ3n) is 9.03. The fourth-order valence-corrected chi connectivity index (χ4v) is 6.11. The largest absolute Gasteiger partial charge is 0.481 e. The van der Waals surface area contributed by atoms with E-state index in [-0.39, 0.29) is 5.97 Å². The Bertz CT molecular complexity index is 561. The lowest BCUT2D eigenvalue weighted by atomic mass is 10.0. The average Bonchev–Trinajstić information content (AvgIpc) is 2.99. The molecule has 0 aromatic rings. The summed E-state index contributed by atoms with van der Waals surface area (Å²) < 4.78 is 5.41. The second-order valence-electron chi connectivity index (χ2n) is 13.4. The van der Waals surface area contributed by atoms with Crippen molar-refractivity contribution in [2.45, 2.75) is 232 Å². The maximum atomic E-state index is 11.9. The van der Waals surface area contributed by atoms with E-state index in [2.05, 4.69) is 6.92 Å². The smallest absolute Gasteiger partial charge is 0.305 e. The molecule has 0 unspecified atom stereocenters. The predicted molar refractivity (Wildman–Crippen MR) is 186 cm³/mol. The molecule has 0 fully saturated rings. The number of unbranched alkanes of at least 4 members (excludes halogenated alkanes) is 31. The van der Waals surface area contributed by atoms with E-state index < -0.39 is 5.97 Å². The quantitative estimate of drug-likeness (QED) is 0.0563. The Morgan fingerprint density at radius 1 is 0.372 bits per heavy atom. The van der Waals surface area contributed by atoms with E-state index in [0.717, 1.165) is 25.7 Å². The molecule has 0 amide bonds. The van der Waals surface area contributed by atoms with Gasteiger partial charge in [0.25, 0.3) is 0 Å². The number of hydrogen-bond donors (Lipinski definition) is 1. The van der Waals surface area contributed by atoms with Gasteiger partial charge < -0.3 is 9.84 Å². The highest BCUT2D eigenvalue weighted by Gasteiger charge is 2.03. The van der Waals surface area contributed by atoms with E-state index in [1.54, 1.807) is 0 Å². The predicted octanol–water partition coefficient (Wildman–Crippen LogP) is 13.3. The summed E-state index contributed by atoms with van der Waals surface area (Å²) in [4.78, 5) is 22.4. The van der Waals surface area contributed by atoms with Gasteiger partial charge in [0.15, 0.2) is 0 Å². The molecule has 0 saturated heterocycles. The fraction of sp³-hybridized carbons (Fsp3) is 0.949. The summed E-state index contributed by atoms with van der Waals surface area (Å²) in [5, 5.41) is 8.64. The summed E-state index contributed by atoms with van der Waals surface area (Å²) in [6.45, 7) is 2.89. The topological polar surface area (TPSA) is 63.6 Å². The first-order chi connectivity index (χ1) is 21.2. The van der Waals surface area contributed by atoms with Gasteiger partial charge in [-0.3, -0.25) is 9.59 Å². The van der Waals surface area contributed by atoms with Gasteiger partial charge in [-0.2, -0.15) is 0 Å². The Morgan fingerprint density at radius 3 is 0.930 bits per heavy atom. The third-order valence-corrected chi connectivity index (χ3v) is 9.03. The SMILES string of the molecule is CCCCCCCCCCCOC(=O)CCCCCCCCCCCCCCCCCCCCCCCCCCC(=O)O. The highest BCUT2D eigenvalue weighted by molar-refractivity contribution is 5.69. The number of carbonyl (C=O) groups is 2. The second-order valence-corrected chi connectivity index (χ2v) is 13.4. The van der Waals surface area contributed by atoms with Crippen LogP contribution >= 0.6 is 0 Å². The van der Waals surface area contributed by atoms with E-state index in [4.69, 9.17) is 9.84 Å². The van der Waals surface area contributed by atoms with Crippen LogP contribution in [0.25, 0.3) is 0 Å². The summed E-state index contributed by atoms with van der Waals surface area (Å²) in [6, 6.07) is 0. The number of ether oxygens (including phenoxy) is 1. The van der Waals surface area contributed by atoms with Crippen molar-refractivity contribution in [3.05, 3.63) is 0 Å². The van der Waals surface area contributed by atoms with E-state index in [0.29, 0.717) is 19.4 Å². The zero-order valence-corrected chi connectivity index (χ0v) is 29.1. The molecule has 0 radical (unpaired) electrons. The lowest BCUT2D eigenvalue weighted by Crippen LogP contribution is -2.05. The fourth-order valence-electron chi connectivity index (χ4n) is 6.11. The van der Waals surface area contributed by atoms with Crippen LogP contribution in [0.5, 0.6) is 0 Å². The minimum absolute atomic E-state index is 0.0155. The van der Waals surface area contributed by atoms with Gasteiger partial charge in [0.05, 0.1) is 6.61 Å². The molecule has 0 saturated carbocycles. The Balaban J connectivity index is 3.12. The summed E-state index contributed by atoms with van der Waals surface area (Å²) >= 11 is 0. The minimum atomic E-state index is -0.656. The Kier molecular flexibility index (Phi) is 36.2. The van der Waals surface area contributed by atoms with E-state index >= 15 is 0 Å². The first kappa shape index (κ1) is 41.9. The monoisotopic (exact) mass is 609 g/mol. The number of carbonyl (C=O) groups excluding carboxylic acids is 1. The highest BCUT2D eigenvalue weighted by Crippen LogP contribution is 2.16. The number of hydrogen-bond acceptors (Lipinski definition) is 3. The number of rotatable bonds is 37. The highest BCUT2D eigenvalue weighted by atomic mass is 16.5. The van der Waals surface area contributed by atoms with Crippen molar-refractivity contribution in [2.24, 2.45) is 0 Å². The van der Waals surface area contributed by atoms with Gasteiger partial charge in [-0.25, -0.2) is 0 Å². The molecular weight excluding hydrogens is 532 g/mol. The van der Waals surface area contributed by atoms with Gasteiger partial charge in [-0.15, -0.1) is 0 Å². The van der Waals surface area contributed by atoms with Crippen molar-refractivity contribution in [2.75, 3.05) is 6.61 Å². The molecule has 0 heterocycles. The van der Waals surface area contributed by atoms with Crippen LogP contribution in [-0.2, 0) is 14.3 Å². The normalized spacial score (nSPS) is 11.3. The molecule has 0 atom stereocenters. The zero-order valence-electron chi connectivity index (χ0n) is 29.1. The van der Waals surface area contributed by atoms with Crippen LogP contribution in [0.2, 0.25) is 0 Å². The van der Waals surface area contributed by atoms with Gasteiger partial charge in [-0.05, 0) is 19.3 Å². The van der Waals surface area contributed by atoms with E-state index in [1.165, 1.54) is 186 Å². The third kappa shape index (κ3) is 38.9. The van der Waals surface area contributed by atoms with E-state index in [9.17, 15) is 9.59 Å². The van der Waals surface area contributed by atoms with Gasteiger partial charge in [0, 0.05) is 12.8 Å². The summed E-state index contributed by atoms with van der Waals surface area (Å²) in [6.07, 6.45) is 44.2.